The van der Waals surface area contributed by atoms with E-state index in [2.05, 4.69) is 48.4 Å². The maximum absolute atomic E-state index is 12.6. The molecule has 4 rings (SSSR count). The number of benzene rings is 2. The highest BCUT2D eigenvalue weighted by molar-refractivity contribution is 6.02. The van der Waals surface area contributed by atoms with E-state index in [-0.39, 0.29) is 5.92 Å². The molecule has 1 aliphatic heterocycles. The molecule has 0 N–H and O–H groups in total. The fourth-order valence-electron chi connectivity index (χ4n) is 3.76. The van der Waals surface area contributed by atoms with Crippen LogP contribution in [0.1, 0.15) is 40.9 Å². The number of rotatable bonds is 2. The van der Waals surface area contributed by atoms with Gasteiger partial charge in [0, 0.05) is 18.0 Å². The normalized spacial score (nSPS) is 23.0. The third-order valence-corrected chi connectivity index (χ3v) is 4.89. The average molecular weight is 289 g/mol. The smallest absolute Gasteiger partial charge is 0.170 e. The van der Waals surface area contributed by atoms with Gasteiger partial charge < -0.3 is 4.90 Å². The largest absolute Gasteiger partial charge is 0.366 e. The SMILES string of the molecule is CC1=CN(Cc2ccccc2)C2CC1C(=O)c1ccccc12. The molecule has 2 aromatic rings. The van der Waals surface area contributed by atoms with Gasteiger partial charge in [0.15, 0.2) is 5.78 Å². The Kier molecular flexibility index (Phi) is 3.11. The van der Waals surface area contributed by atoms with Crippen LogP contribution in [0.2, 0.25) is 0 Å². The van der Waals surface area contributed by atoms with E-state index in [1.807, 2.05) is 24.3 Å². The molecular weight excluding hydrogens is 270 g/mol. The molecule has 0 saturated carbocycles. The van der Waals surface area contributed by atoms with Gasteiger partial charge in [-0.1, -0.05) is 54.6 Å². The molecule has 0 fully saturated rings. The lowest BCUT2D eigenvalue weighted by Gasteiger charge is -2.42. The Hall–Kier alpha value is -2.35. The van der Waals surface area contributed by atoms with Gasteiger partial charge in [-0.15, -0.1) is 0 Å². The summed E-state index contributed by atoms with van der Waals surface area (Å²) in [7, 11) is 0. The summed E-state index contributed by atoms with van der Waals surface area (Å²) in [4.78, 5) is 15.0. The molecule has 0 saturated heterocycles. The summed E-state index contributed by atoms with van der Waals surface area (Å²) in [6.45, 7) is 2.98. The molecule has 22 heavy (non-hydrogen) atoms. The van der Waals surface area contributed by atoms with Crippen molar-refractivity contribution in [1.82, 2.24) is 4.90 Å². The summed E-state index contributed by atoms with van der Waals surface area (Å²) < 4.78 is 0. The molecule has 2 unspecified atom stereocenters. The van der Waals surface area contributed by atoms with Crippen LogP contribution in [-0.2, 0) is 6.54 Å². The van der Waals surface area contributed by atoms with Gasteiger partial charge in [0.05, 0.1) is 6.04 Å². The van der Waals surface area contributed by atoms with Crippen molar-refractivity contribution in [3.8, 4) is 0 Å². The van der Waals surface area contributed by atoms with Gasteiger partial charge >= 0.3 is 0 Å². The zero-order valence-corrected chi connectivity index (χ0v) is 12.7. The van der Waals surface area contributed by atoms with Crippen LogP contribution in [0.15, 0.2) is 66.4 Å². The highest BCUT2D eigenvalue weighted by Gasteiger charge is 2.39. The molecule has 0 amide bonds. The number of hydrogen-bond donors (Lipinski definition) is 0. The Balaban J connectivity index is 1.75. The van der Waals surface area contributed by atoms with Crippen LogP contribution in [0.5, 0.6) is 0 Å². The molecule has 1 aliphatic carbocycles. The van der Waals surface area contributed by atoms with Crippen molar-refractivity contribution < 1.29 is 4.79 Å². The van der Waals surface area contributed by atoms with Crippen LogP contribution in [0.3, 0.4) is 0 Å². The van der Waals surface area contributed by atoms with Crippen LogP contribution in [0, 0.1) is 5.92 Å². The minimum absolute atomic E-state index is 0.0620. The molecule has 2 aliphatic rings. The molecule has 2 atom stereocenters. The Morgan fingerprint density at radius 3 is 2.59 bits per heavy atom. The average Bonchev–Trinajstić information content (AvgIpc) is 2.55. The van der Waals surface area contributed by atoms with Crippen molar-refractivity contribution in [3.63, 3.8) is 0 Å². The molecule has 0 radical (unpaired) electrons. The van der Waals surface area contributed by atoms with E-state index in [0.717, 1.165) is 18.5 Å². The van der Waals surface area contributed by atoms with Crippen molar-refractivity contribution in [3.05, 3.63) is 83.1 Å². The number of ketones is 1. The minimum Gasteiger partial charge on any atom is -0.366 e. The molecule has 2 nitrogen and oxygen atoms in total. The van der Waals surface area contributed by atoms with E-state index in [1.54, 1.807) is 0 Å². The first-order chi connectivity index (χ1) is 10.7. The highest BCUT2D eigenvalue weighted by atomic mass is 16.1. The topological polar surface area (TPSA) is 20.3 Å². The van der Waals surface area contributed by atoms with Gasteiger partial charge in [0.1, 0.15) is 0 Å². The number of Topliss-reactive ketones (excluding diaryl/α,β-unsaturated/α-hetero) is 1. The van der Waals surface area contributed by atoms with Crippen LogP contribution < -0.4 is 0 Å². The molecular formula is C20H19NO. The molecule has 1 heterocycles. The summed E-state index contributed by atoms with van der Waals surface area (Å²) >= 11 is 0. The summed E-state index contributed by atoms with van der Waals surface area (Å²) in [6, 6.07) is 18.9. The second kappa shape index (κ2) is 5.13. The monoisotopic (exact) mass is 289 g/mol. The van der Waals surface area contributed by atoms with Crippen molar-refractivity contribution >= 4 is 5.78 Å². The quantitative estimate of drug-likeness (QED) is 0.819. The van der Waals surface area contributed by atoms with E-state index in [9.17, 15) is 4.79 Å². The number of carbonyl (C=O) groups is 1. The maximum Gasteiger partial charge on any atom is 0.170 e. The first-order valence-corrected chi connectivity index (χ1v) is 7.85. The van der Waals surface area contributed by atoms with E-state index in [0.29, 0.717) is 11.8 Å². The predicted molar refractivity (Wildman–Crippen MR) is 87.4 cm³/mol. The molecule has 2 aromatic carbocycles. The van der Waals surface area contributed by atoms with Crippen LogP contribution in [-0.4, -0.2) is 10.7 Å². The standard InChI is InChI=1S/C20H19NO/c1-14-12-21(13-15-7-3-2-4-8-15)19-11-18(14)20(22)17-10-6-5-9-16(17)19/h2-10,12,18-19H,11,13H2,1H3. The van der Waals surface area contributed by atoms with Crippen molar-refractivity contribution in [2.24, 2.45) is 5.92 Å². The van der Waals surface area contributed by atoms with Gasteiger partial charge in [-0.3, -0.25) is 4.79 Å². The second-order valence-electron chi connectivity index (χ2n) is 6.29. The third-order valence-electron chi connectivity index (χ3n) is 4.89. The maximum atomic E-state index is 12.6. The lowest BCUT2D eigenvalue weighted by atomic mass is 9.74. The van der Waals surface area contributed by atoms with E-state index < -0.39 is 0 Å². The first kappa shape index (κ1) is 13.3. The van der Waals surface area contributed by atoms with E-state index in [4.69, 9.17) is 0 Å². The first-order valence-electron chi connectivity index (χ1n) is 7.85. The number of allylic oxidation sites excluding steroid dienone is 1. The number of nitrogens with zero attached hydrogens (tertiary/aromatic N) is 1. The third kappa shape index (κ3) is 2.07. The van der Waals surface area contributed by atoms with Crippen LogP contribution in [0.25, 0.3) is 0 Å². The lowest BCUT2D eigenvalue weighted by molar-refractivity contribution is 0.0858. The minimum atomic E-state index is 0.0620. The summed E-state index contributed by atoms with van der Waals surface area (Å²) in [5, 5.41) is 0. The zero-order chi connectivity index (χ0) is 15.1. The Bertz CT molecular complexity index is 747. The van der Waals surface area contributed by atoms with E-state index in [1.165, 1.54) is 16.7 Å². The number of hydrogen-bond acceptors (Lipinski definition) is 2. The molecule has 2 heteroatoms. The summed E-state index contributed by atoms with van der Waals surface area (Å²) in [5.74, 6) is 0.354. The van der Waals surface area contributed by atoms with Gasteiger partial charge in [-0.2, -0.15) is 0 Å². The Morgan fingerprint density at radius 2 is 1.77 bits per heavy atom. The van der Waals surface area contributed by atoms with Gasteiger partial charge in [0.25, 0.3) is 0 Å². The van der Waals surface area contributed by atoms with Crippen LogP contribution in [0.4, 0.5) is 0 Å². The molecule has 2 bridgehead atoms. The highest BCUT2D eigenvalue weighted by Crippen LogP contribution is 2.44. The molecule has 110 valence electrons. The predicted octanol–water partition coefficient (Wildman–Crippen LogP) is 4.35. The summed E-state index contributed by atoms with van der Waals surface area (Å²) in [5.41, 5.74) is 4.59. The number of carbonyl (C=O) groups excluding carboxylic acids is 1. The van der Waals surface area contributed by atoms with Crippen molar-refractivity contribution in [2.75, 3.05) is 0 Å². The lowest BCUT2D eigenvalue weighted by Crippen LogP contribution is -2.38. The fourth-order valence-corrected chi connectivity index (χ4v) is 3.76. The number of fused-ring (bicyclic) bond motifs is 4. The van der Waals surface area contributed by atoms with Gasteiger partial charge in [0.2, 0.25) is 0 Å². The second-order valence-corrected chi connectivity index (χ2v) is 6.29. The van der Waals surface area contributed by atoms with Crippen molar-refractivity contribution in [2.45, 2.75) is 25.9 Å². The zero-order valence-electron chi connectivity index (χ0n) is 12.7. The van der Waals surface area contributed by atoms with Crippen molar-refractivity contribution in [1.29, 1.82) is 0 Å². The molecule has 0 aromatic heterocycles. The van der Waals surface area contributed by atoms with Gasteiger partial charge in [-0.05, 0) is 36.2 Å². The Labute approximate surface area is 131 Å². The summed E-state index contributed by atoms with van der Waals surface area (Å²) in [6.07, 6.45) is 3.10. The Morgan fingerprint density at radius 1 is 1.05 bits per heavy atom. The van der Waals surface area contributed by atoms with Crippen LogP contribution >= 0.6 is 0 Å². The fraction of sp³-hybridized carbons (Fsp3) is 0.250. The van der Waals surface area contributed by atoms with E-state index >= 15 is 0 Å². The van der Waals surface area contributed by atoms with Gasteiger partial charge in [-0.25, -0.2) is 0 Å². The molecule has 0 spiro atoms.